The molecule has 1 aromatic rings. The molecule has 0 N–H and O–H groups in total. The summed E-state index contributed by atoms with van der Waals surface area (Å²) in [6, 6.07) is 3.63. The molecular formula is C34H50F2N2O. The molecule has 1 aliphatic rings. The van der Waals surface area contributed by atoms with Gasteiger partial charge in [0.05, 0.1) is 12.9 Å². The van der Waals surface area contributed by atoms with Gasteiger partial charge in [-0.3, -0.25) is 0 Å². The van der Waals surface area contributed by atoms with E-state index in [9.17, 15) is 8.78 Å². The van der Waals surface area contributed by atoms with Gasteiger partial charge in [0.15, 0.2) is 0 Å². The van der Waals surface area contributed by atoms with Crippen LogP contribution in [0.4, 0.5) is 8.78 Å². The lowest BCUT2D eigenvalue weighted by Crippen LogP contribution is -2.41. The molecule has 0 saturated carbocycles. The van der Waals surface area contributed by atoms with Crippen LogP contribution in [0.15, 0.2) is 102 Å². The van der Waals surface area contributed by atoms with Gasteiger partial charge in [-0.15, -0.1) is 0 Å². The van der Waals surface area contributed by atoms with Gasteiger partial charge in [-0.2, -0.15) is 0 Å². The van der Waals surface area contributed by atoms with E-state index in [4.69, 9.17) is 4.74 Å². The Balaban J connectivity index is 0.000000579. The molecule has 5 heteroatoms. The number of hydrogen-bond acceptors (Lipinski definition) is 3. The van der Waals surface area contributed by atoms with Gasteiger partial charge >= 0.3 is 0 Å². The fraction of sp³-hybridized carbons (Fsp3) is 0.412. The van der Waals surface area contributed by atoms with Crippen molar-refractivity contribution in [2.45, 2.75) is 68.7 Å². The maximum atomic E-state index is 12.6. The molecule has 0 bridgehead atoms. The van der Waals surface area contributed by atoms with Crippen LogP contribution in [0, 0.1) is 17.0 Å². The van der Waals surface area contributed by atoms with E-state index in [0.29, 0.717) is 12.0 Å². The van der Waals surface area contributed by atoms with Gasteiger partial charge < -0.3 is 14.5 Å². The quantitative estimate of drug-likeness (QED) is 0.253. The summed E-state index contributed by atoms with van der Waals surface area (Å²) in [6.07, 6.45) is 6.22. The summed E-state index contributed by atoms with van der Waals surface area (Å²) in [4.78, 5) is 4.50. The Labute approximate surface area is 237 Å². The first kappa shape index (κ1) is 35.7. The Morgan fingerprint density at radius 3 is 2.03 bits per heavy atom. The summed E-state index contributed by atoms with van der Waals surface area (Å²) >= 11 is 0. The molecule has 3 nitrogen and oxygen atoms in total. The topological polar surface area (TPSA) is 15.7 Å². The lowest BCUT2D eigenvalue weighted by atomic mass is 9.94. The van der Waals surface area contributed by atoms with Gasteiger partial charge in [-0.25, -0.2) is 8.78 Å². The number of methoxy groups -OCH3 is 1. The van der Waals surface area contributed by atoms with Crippen LogP contribution >= 0.6 is 0 Å². The normalized spacial score (nSPS) is 14.4. The summed E-state index contributed by atoms with van der Waals surface area (Å²) in [5, 5.41) is 0. The summed E-state index contributed by atoms with van der Waals surface area (Å²) in [7, 11) is 1.65. The Bertz CT molecular complexity index is 1120. The van der Waals surface area contributed by atoms with E-state index >= 15 is 0 Å². The molecule has 0 fully saturated rings. The third-order valence-electron chi connectivity index (χ3n) is 6.21. The zero-order valence-corrected chi connectivity index (χ0v) is 26.0. The van der Waals surface area contributed by atoms with Crippen LogP contribution in [-0.4, -0.2) is 30.0 Å². The van der Waals surface area contributed by atoms with Crippen LogP contribution < -0.4 is 0 Å². The molecule has 0 aliphatic carbocycles. The number of benzene rings is 1. The predicted molar refractivity (Wildman–Crippen MR) is 165 cm³/mol. The van der Waals surface area contributed by atoms with E-state index < -0.39 is 11.6 Å². The van der Waals surface area contributed by atoms with Crippen molar-refractivity contribution in [3.8, 4) is 0 Å². The van der Waals surface area contributed by atoms with Gasteiger partial charge in [0.1, 0.15) is 17.5 Å². The molecule has 1 aromatic carbocycles. The minimum atomic E-state index is -0.519. The third-order valence-corrected chi connectivity index (χ3v) is 6.21. The second-order valence-corrected chi connectivity index (χ2v) is 10.6. The predicted octanol–water partition coefficient (Wildman–Crippen LogP) is 9.70. The zero-order chi connectivity index (χ0) is 30.5. The van der Waals surface area contributed by atoms with Gasteiger partial charge in [0, 0.05) is 30.5 Å². The molecule has 39 heavy (non-hydrogen) atoms. The Hall–Kier alpha value is -3.34. The molecule has 2 rings (SSSR count). The highest BCUT2D eigenvalue weighted by Crippen LogP contribution is 2.34. The molecule has 0 unspecified atom stereocenters. The van der Waals surface area contributed by atoms with Crippen molar-refractivity contribution in [1.29, 1.82) is 0 Å². The molecule has 1 aliphatic heterocycles. The Kier molecular flexibility index (Phi) is 15.2. The van der Waals surface area contributed by atoms with E-state index in [-0.39, 0.29) is 5.41 Å². The molecule has 1 heterocycles. The van der Waals surface area contributed by atoms with Crippen LogP contribution in [0.2, 0.25) is 0 Å². The first-order valence-corrected chi connectivity index (χ1v) is 13.3. The highest BCUT2D eigenvalue weighted by atomic mass is 19.1. The van der Waals surface area contributed by atoms with Gasteiger partial charge in [0.2, 0.25) is 0 Å². The lowest BCUT2D eigenvalue weighted by molar-refractivity contribution is 0.209. The molecule has 0 amide bonds. The molecule has 216 valence electrons. The number of hydrogen-bond donors (Lipinski definition) is 0. The highest BCUT2D eigenvalue weighted by Gasteiger charge is 2.28. The average molecular weight is 541 g/mol. The number of allylic oxidation sites excluding steroid dienone is 8. The summed E-state index contributed by atoms with van der Waals surface area (Å²) in [6.45, 7) is 36.7. The SMILES string of the molecule is C=C/C(=C\C=C(/C)OC)C(=C)C.C=C1C(C)=C(C)N(CC(C)(C)C)C(=C)N1CC.CCc1ccc(F)cc1F. The third kappa shape index (κ3) is 11.9. The first-order chi connectivity index (χ1) is 18.0. The summed E-state index contributed by atoms with van der Waals surface area (Å²) in [5.74, 6) is 0.948. The molecular weight excluding hydrogens is 490 g/mol. The maximum absolute atomic E-state index is 12.6. The highest BCUT2D eigenvalue weighted by molar-refractivity contribution is 5.38. The number of rotatable bonds is 7. The van der Waals surface area contributed by atoms with E-state index in [2.05, 4.69) is 77.7 Å². The van der Waals surface area contributed by atoms with E-state index in [1.54, 1.807) is 13.2 Å². The van der Waals surface area contributed by atoms with Crippen LogP contribution in [0.3, 0.4) is 0 Å². The van der Waals surface area contributed by atoms with Crippen LogP contribution in [0.5, 0.6) is 0 Å². The number of aryl methyl sites for hydroxylation is 1. The van der Waals surface area contributed by atoms with Gasteiger partial charge in [-0.1, -0.05) is 77.8 Å². The van der Waals surface area contributed by atoms with Gasteiger partial charge in [0.25, 0.3) is 0 Å². The number of nitrogens with zero attached hydrogens (tertiary/aromatic N) is 2. The van der Waals surface area contributed by atoms with E-state index in [0.717, 1.165) is 47.6 Å². The molecule has 0 aromatic heterocycles. The van der Waals surface area contributed by atoms with Gasteiger partial charge in [-0.05, 0) is 75.3 Å². The van der Waals surface area contributed by atoms with E-state index in [1.807, 2.05) is 32.9 Å². The molecule has 0 saturated heterocycles. The largest absolute Gasteiger partial charge is 0.501 e. The maximum Gasteiger partial charge on any atom is 0.129 e. The number of ether oxygens (including phenoxy) is 1. The van der Waals surface area contributed by atoms with Crippen LogP contribution in [-0.2, 0) is 11.2 Å². The second kappa shape index (κ2) is 16.6. The molecule has 0 atom stereocenters. The molecule has 0 radical (unpaired) electrons. The van der Waals surface area contributed by atoms with Crippen molar-refractivity contribution >= 4 is 0 Å². The molecule has 0 spiro atoms. The fourth-order valence-corrected chi connectivity index (χ4v) is 3.63. The monoisotopic (exact) mass is 540 g/mol. The van der Waals surface area contributed by atoms with E-state index in [1.165, 1.54) is 23.4 Å². The minimum Gasteiger partial charge on any atom is -0.501 e. The lowest BCUT2D eigenvalue weighted by Gasteiger charge is -2.44. The number of halogens is 2. The summed E-state index contributed by atoms with van der Waals surface area (Å²) in [5.41, 5.74) is 6.48. The number of likely N-dealkylation sites (N-methyl/N-ethyl adjacent to an activating group) is 1. The van der Waals surface area contributed by atoms with Crippen LogP contribution in [0.1, 0.15) is 67.9 Å². The van der Waals surface area contributed by atoms with Crippen molar-refractivity contribution in [3.05, 3.63) is 120 Å². The van der Waals surface area contributed by atoms with Crippen LogP contribution in [0.25, 0.3) is 0 Å². The van der Waals surface area contributed by atoms with Crippen molar-refractivity contribution in [3.63, 3.8) is 0 Å². The Morgan fingerprint density at radius 2 is 1.62 bits per heavy atom. The average Bonchev–Trinajstić information content (AvgIpc) is 2.86. The van der Waals surface area contributed by atoms with Crippen molar-refractivity contribution in [1.82, 2.24) is 9.80 Å². The zero-order valence-electron chi connectivity index (χ0n) is 26.0. The summed E-state index contributed by atoms with van der Waals surface area (Å²) < 4.78 is 29.8. The van der Waals surface area contributed by atoms with Crippen molar-refractivity contribution in [2.24, 2.45) is 5.41 Å². The van der Waals surface area contributed by atoms with Crippen molar-refractivity contribution < 1.29 is 13.5 Å². The Morgan fingerprint density at radius 1 is 1.03 bits per heavy atom. The smallest absolute Gasteiger partial charge is 0.129 e. The fourth-order valence-electron chi connectivity index (χ4n) is 3.63. The standard InChI is InChI=1S/C15H26N2.C11H16O.C8H8F2/c1-9-16-12(3)11(2)13(4)17(14(16)5)10-15(6,7)8;1-6-11(9(2)3)8-7-10(4)12-5;1-2-6-3-4-7(9)5-8(6)10/h3,5,9-10H2,1-2,4,6-8H3;6-8H,1-2H2,3-5H3;3-5H,2H2,1H3/b;10-7+,11-8+;. The second-order valence-electron chi connectivity index (χ2n) is 10.6. The van der Waals surface area contributed by atoms with Crippen molar-refractivity contribution in [2.75, 3.05) is 20.2 Å². The minimum absolute atomic E-state index is 0.253. The first-order valence-electron chi connectivity index (χ1n) is 13.3.